The van der Waals surface area contributed by atoms with Crippen molar-refractivity contribution in [1.82, 2.24) is 9.78 Å². The molecule has 0 bridgehead atoms. The molecule has 0 amide bonds. The summed E-state index contributed by atoms with van der Waals surface area (Å²) in [5, 5.41) is 4.33. The molecule has 80 valence electrons. The van der Waals surface area contributed by atoms with Crippen LogP contribution < -0.4 is 5.73 Å². The molecule has 3 nitrogen and oxygen atoms in total. The van der Waals surface area contributed by atoms with Gasteiger partial charge in [-0.15, -0.1) is 0 Å². The minimum Gasteiger partial charge on any atom is -0.327 e. The van der Waals surface area contributed by atoms with Crippen molar-refractivity contribution in [3.63, 3.8) is 0 Å². The van der Waals surface area contributed by atoms with Crippen LogP contribution in [0.15, 0.2) is 4.47 Å². The zero-order chi connectivity index (χ0) is 10.7. The third kappa shape index (κ3) is 2.74. The highest BCUT2D eigenvalue weighted by Crippen LogP contribution is 2.21. The van der Waals surface area contributed by atoms with Crippen molar-refractivity contribution in [2.45, 2.75) is 19.4 Å². The van der Waals surface area contributed by atoms with Gasteiger partial charge in [-0.1, -0.05) is 0 Å². The fourth-order valence-corrected chi connectivity index (χ4v) is 2.47. The molecule has 0 spiro atoms. The van der Waals surface area contributed by atoms with E-state index in [1.165, 1.54) is 5.69 Å². The Kier molecular flexibility index (Phi) is 4.47. The highest BCUT2D eigenvalue weighted by atomic mass is 79.9. The number of halogens is 1. The second-order valence-corrected chi connectivity index (χ2v) is 5.09. The van der Waals surface area contributed by atoms with Gasteiger partial charge in [0.15, 0.2) is 0 Å². The summed E-state index contributed by atoms with van der Waals surface area (Å²) >= 11 is 5.31. The van der Waals surface area contributed by atoms with Gasteiger partial charge in [-0.2, -0.15) is 16.9 Å². The molecule has 1 heterocycles. The average molecular weight is 278 g/mol. The first-order chi connectivity index (χ1) is 6.56. The van der Waals surface area contributed by atoms with Crippen LogP contribution in [0.25, 0.3) is 0 Å². The second-order valence-electron chi connectivity index (χ2n) is 3.39. The fourth-order valence-electron chi connectivity index (χ4n) is 1.42. The van der Waals surface area contributed by atoms with E-state index in [4.69, 9.17) is 5.73 Å². The van der Waals surface area contributed by atoms with Gasteiger partial charge in [-0.05, 0) is 29.1 Å². The number of hydrogen-bond acceptors (Lipinski definition) is 3. The van der Waals surface area contributed by atoms with Gasteiger partial charge in [-0.3, -0.25) is 4.68 Å². The molecular formula is C9H16BrN3S. The molecule has 0 saturated carbocycles. The molecule has 0 radical (unpaired) electrons. The first-order valence-corrected chi connectivity index (χ1v) is 6.67. The molecule has 1 unspecified atom stereocenters. The lowest BCUT2D eigenvalue weighted by atomic mass is 10.2. The van der Waals surface area contributed by atoms with Crippen molar-refractivity contribution in [3.8, 4) is 0 Å². The summed E-state index contributed by atoms with van der Waals surface area (Å²) in [6.07, 6.45) is 2.95. The topological polar surface area (TPSA) is 43.8 Å². The van der Waals surface area contributed by atoms with Crippen LogP contribution in [0.5, 0.6) is 0 Å². The minimum absolute atomic E-state index is 0.205. The molecule has 0 aliphatic rings. The SMILES string of the molecule is CSCC(N)Cc1c(Br)c(C)nn1C. The van der Waals surface area contributed by atoms with Gasteiger partial charge in [0.2, 0.25) is 0 Å². The van der Waals surface area contributed by atoms with Crippen molar-refractivity contribution in [2.75, 3.05) is 12.0 Å². The van der Waals surface area contributed by atoms with E-state index in [0.29, 0.717) is 0 Å². The van der Waals surface area contributed by atoms with Crippen LogP contribution in [0, 0.1) is 6.92 Å². The zero-order valence-corrected chi connectivity index (χ0v) is 11.2. The summed E-state index contributed by atoms with van der Waals surface area (Å²) < 4.78 is 3.00. The molecule has 1 atom stereocenters. The molecule has 0 aromatic carbocycles. The Labute approximate surface area is 97.6 Å². The third-order valence-electron chi connectivity index (χ3n) is 2.10. The Morgan fingerprint density at radius 3 is 2.71 bits per heavy atom. The third-order valence-corrected chi connectivity index (χ3v) is 3.89. The van der Waals surface area contributed by atoms with Crippen molar-refractivity contribution in [2.24, 2.45) is 12.8 Å². The van der Waals surface area contributed by atoms with Gasteiger partial charge in [0, 0.05) is 25.3 Å². The number of nitrogens with zero attached hydrogens (tertiary/aromatic N) is 2. The minimum atomic E-state index is 0.205. The van der Waals surface area contributed by atoms with Crippen molar-refractivity contribution in [1.29, 1.82) is 0 Å². The van der Waals surface area contributed by atoms with Crippen molar-refractivity contribution >= 4 is 27.7 Å². The molecule has 0 aliphatic heterocycles. The first-order valence-electron chi connectivity index (χ1n) is 4.48. The molecule has 0 aliphatic carbocycles. The van der Waals surface area contributed by atoms with Gasteiger partial charge in [0.05, 0.1) is 15.9 Å². The largest absolute Gasteiger partial charge is 0.327 e. The standard InChI is InChI=1S/C9H16BrN3S/c1-6-9(10)8(13(2)12-6)4-7(11)5-14-3/h7H,4-5,11H2,1-3H3. The Hall–Kier alpha value is 0. The number of thioether (sulfide) groups is 1. The summed E-state index contributed by atoms with van der Waals surface area (Å²) in [6, 6.07) is 0.205. The smallest absolute Gasteiger partial charge is 0.0738 e. The van der Waals surface area contributed by atoms with Crippen molar-refractivity contribution < 1.29 is 0 Å². The van der Waals surface area contributed by atoms with E-state index in [2.05, 4.69) is 27.3 Å². The number of hydrogen-bond donors (Lipinski definition) is 1. The van der Waals surface area contributed by atoms with E-state index in [0.717, 1.165) is 22.3 Å². The Balaban J connectivity index is 2.75. The predicted octanol–water partition coefficient (Wildman–Crippen LogP) is 1.72. The molecule has 1 aromatic rings. The summed E-state index contributed by atoms with van der Waals surface area (Å²) in [7, 11) is 1.96. The van der Waals surface area contributed by atoms with Gasteiger partial charge in [-0.25, -0.2) is 0 Å². The average Bonchev–Trinajstić information content (AvgIpc) is 2.33. The molecule has 0 saturated heterocycles. The molecule has 2 N–H and O–H groups in total. The highest BCUT2D eigenvalue weighted by molar-refractivity contribution is 9.10. The Bertz CT molecular complexity index is 311. The lowest BCUT2D eigenvalue weighted by Crippen LogP contribution is -2.26. The lowest BCUT2D eigenvalue weighted by molar-refractivity contribution is 0.651. The monoisotopic (exact) mass is 277 g/mol. The summed E-state index contributed by atoms with van der Waals surface area (Å²) in [6.45, 7) is 1.99. The molecule has 14 heavy (non-hydrogen) atoms. The van der Waals surface area contributed by atoms with Gasteiger partial charge in [0.1, 0.15) is 0 Å². The molecule has 1 rings (SSSR count). The predicted molar refractivity (Wildman–Crippen MR) is 65.7 cm³/mol. The van der Waals surface area contributed by atoms with Crippen LogP contribution in [0.3, 0.4) is 0 Å². The maximum Gasteiger partial charge on any atom is 0.0738 e. The van der Waals surface area contributed by atoms with Gasteiger partial charge >= 0.3 is 0 Å². The van der Waals surface area contributed by atoms with E-state index in [1.807, 2.05) is 18.7 Å². The van der Waals surface area contributed by atoms with Crippen molar-refractivity contribution in [3.05, 3.63) is 15.9 Å². The number of nitrogens with two attached hydrogens (primary N) is 1. The number of aryl methyl sites for hydroxylation is 2. The van der Waals surface area contributed by atoms with E-state index < -0.39 is 0 Å². The quantitative estimate of drug-likeness (QED) is 0.912. The summed E-state index contributed by atoms with van der Waals surface area (Å²) in [4.78, 5) is 0. The molecule has 5 heteroatoms. The van der Waals surface area contributed by atoms with Crippen LogP contribution in [0.2, 0.25) is 0 Å². The number of rotatable bonds is 4. The van der Waals surface area contributed by atoms with E-state index in [-0.39, 0.29) is 6.04 Å². The van der Waals surface area contributed by atoms with E-state index in [9.17, 15) is 0 Å². The normalized spacial score (nSPS) is 13.2. The van der Waals surface area contributed by atoms with Gasteiger partial charge in [0.25, 0.3) is 0 Å². The number of aromatic nitrogens is 2. The van der Waals surface area contributed by atoms with Crippen LogP contribution in [0.1, 0.15) is 11.4 Å². The molecule has 0 fully saturated rings. The van der Waals surface area contributed by atoms with Gasteiger partial charge < -0.3 is 5.73 Å². The van der Waals surface area contributed by atoms with E-state index in [1.54, 1.807) is 11.8 Å². The maximum absolute atomic E-state index is 5.98. The van der Waals surface area contributed by atoms with E-state index >= 15 is 0 Å². The van der Waals surface area contributed by atoms with Crippen LogP contribution in [0.4, 0.5) is 0 Å². The summed E-state index contributed by atoms with van der Waals surface area (Å²) in [5.41, 5.74) is 8.19. The highest BCUT2D eigenvalue weighted by Gasteiger charge is 2.13. The Morgan fingerprint density at radius 2 is 2.29 bits per heavy atom. The molecule has 1 aromatic heterocycles. The summed E-state index contributed by atoms with van der Waals surface area (Å²) in [5.74, 6) is 0.983. The maximum atomic E-state index is 5.98. The fraction of sp³-hybridized carbons (Fsp3) is 0.667. The zero-order valence-electron chi connectivity index (χ0n) is 8.75. The first kappa shape index (κ1) is 12.1. The lowest BCUT2D eigenvalue weighted by Gasteiger charge is -2.10. The van der Waals surface area contributed by atoms with Crippen LogP contribution in [-0.2, 0) is 13.5 Å². The second kappa shape index (κ2) is 5.19. The van der Waals surface area contributed by atoms with Crippen LogP contribution in [-0.4, -0.2) is 27.8 Å². The Morgan fingerprint density at radius 1 is 1.64 bits per heavy atom. The molecular weight excluding hydrogens is 262 g/mol. The van der Waals surface area contributed by atoms with Crippen LogP contribution >= 0.6 is 27.7 Å².